The third-order valence-corrected chi connectivity index (χ3v) is 2.68. The van der Waals surface area contributed by atoms with Gasteiger partial charge in [-0.25, -0.2) is 0 Å². The molecule has 1 saturated heterocycles. The minimum absolute atomic E-state index is 0.0418. The number of anilines is 1. The molecule has 1 aliphatic heterocycles. The zero-order chi connectivity index (χ0) is 13.3. The fourth-order valence-corrected chi connectivity index (χ4v) is 1.97. The van der Waals surface area contributed by atoms with Gasteiger partial charge in [-0.15, -0.1) is 0 Å². The highest BCUT2D eigenvalue weighted by Gasteiger charge is 2.46. The first-order valence-electron chi connectivity index (χ1n) is 5.16. The second kappa shape index (κ2) is 4.35. The summed E-state index contributed by atoms with van der Waals surface area (Å²) in [6.45, 7) is 1.34. The van der Waals surface area contributed by atoms with Gasteiger partial charge in [0, 0.05) is 18.2 Å². The van der Waals surface area contributed by atoms with Crippen LogP contribution in [-0.4, -0.2) is 22.0 Å². The number of aliphatic hydroxyl groups is 1. The van der Waals surface area contributed by atoms with Crippen LogP contribution in [0.4, 0.5) is 5.69 Å². The Morgan fingerprint density at radius 3 is 2.67 bits per heavy atom. The Labute approximate surface area is 108 Å². The van der Waals surface area contributed by atoms with Crippen LogP contribution in [0.25, 0.3) is 0 Å². The molecule has 18 heavy (non-hydrogen) atoms. The van der Waals surface area contributed by atoms with Gasteiger partial charge in [0.1, 0.15) is 0 Å². The van der Waals surface area contributed by atoms with Gasteiger partial charge < -0.3 is 15.7 Å². The van der Waals surface area contributed by atoms with E-state index in [0.717, 1.165) is 0 Å². The highest BCUT2D eigenvalue weighted by molar-refractivity contribution is 7.80. The van der Waals surface area contributed by atoms with Crippen molar-refractivity contribution in [3.8, 4) is 0 Å². The molecule has 1 aliphatic rings. The average Bonchev–Trinajstić information content (AvgIpc) is 2.53. The largest absolute Gasteiger partial charge is 0.359 e. The van der Waals surface area contributed by atoms with Crippen LogP contribution in [0.15, 0.2) is 24.3 Å². The highest BCUT2D eigenvalue weighted by atomic mass is 32.1. The molecule has 0 spiro atoms. The standard InChI is InChI=1S/C11H11N3O3S/c1-6(15)12-8-5-3-2-4-7(8)11(17)9(16)13-10(18)14-11/h2-5,17H,1H3,(H,12,15)(H2,13,14,16,18). The Morgan fingerprint density at radius 1 is 1.44 bits per heavy atom. The van der Waals surface area contributed by atoms with Gasteiger partial charge in [-0.05, 0) is 18.3 Å². The Kier molecular flexibility index (Phi) is 3.02. The summed E-state index contributed by atoms with van der Waals surface area (Å²) in [4.78, 5) is 22.8. The third kappa shape index (κ3) is 2.05. The molecule has 0 aromatic heterocycles. The van der Waals surface area contributed by atoms with Crippen LogP contribution in [0, 0.1) is 0 Å². The van der Waals surface area contributed by atoms with Crippen LogP contribution in [0.2, 0.25) is 0 Å². The van der Waals surface area contributed by atoms with Gasteiger partial charge in [-0.2, -0.15) is 0 Å². The zero-order valence-electron chi connectivity index (χ0n) is 9.48. The summed E-state index contributed by atoms with van der Waals surface area (Å²) < 4.78 is 0. The lowest BCUT2D eigenvalue weighted by atomic mass is 10.0. The number of rotatable bonds is 2. The molecular formula is C11H11N3O3S. The minimum atomic E-state index is -1.96. The Balaban J connectivity index is 2.47. The molecule has 0 saturated carbocycles. The Hall–Kier alpha value is -1.99. The second-order valence-corrected chi connectivity index (χ2v) is 4.25. The number of hydrogen-bond acceptors (Lipinski definition) is 4. The molecule has 1 aromatic rings. The van der Waals surface area contributed by atoms with Gasteiger partial charge in [0.2, 0.25) is 11.6 Å². The van der Waals surface area contributed by atoms with Crippen molar-refractivity contribution in [2.24, 2.45) is 0 Å². The number of amides is 2. The number of nitrogens with one attached hydrogen (secondary N) is 3. The molecule has 6 nitrogen and oxygen atoms in total. The zero-order valence-corrected chi connectivity index (χ0v) is 10.3. The first-order valence-corrected chi connectivity index (χ1v) is 5.57. The predicted molar refractivity (Wildman–Crippen MR) is 68.5 cm³/mol. The molecule has 2 rings (SSSR count). The fraction of sp³-hybridized carbons (Fsp3) is 0.182. The summed E-state index contributed by atoms with van der Waals surface area (Å²) in [7, 11) is 0. The van der Waals surface area contributed by atoms with Crippen molar-refractivity contribution in [3.63, 3.8) is 0 Å². The Morgan fingerprint density at radius 2 is 2.11 bits per heavy atom. The van der Waals surface area contributed by atoms with Gasteiger partial charge in [0.05, 0.1) is 0 Å². The summed E-state index contributed by atoms with van der Waals surface area (Å²) in [6, 6.07) is 6.45. The quantitative estimate of drug-likeness (QED) is 0.556. The van der Waals surface area contributed by atoms with E-state index in [4.69, 9.17) is 12.2 Å². The van der Waals surface area contributed by atoms with Crippen molar-refractivity contribution in [1.82, 2.24) is 10.6 Å². The molecule has 0 bridgehead atoms. The molecule has 94 valence electrons. The van der Waals surface area contributed by atoms with E-state index in [1.165, 1.54) is 13.0 Å². The smallest absolute Gasteiger partial charge is 0.284 e. The maximum absolute atomic E-state index is 11.7. The van der Waals surface area contributed by atoms with E-state index in [2.05, 4.69) is 16.0 Å². The molecular weight excluding hydrogens is 254 g/mol. The predicted octanol–water partition coefficient (Wildman–Crippen LogP) is -0.206. The topological polar surface area (TPSA) is 90.5 Å². The van der Waals surface area contributed by atoms with E-state index in [0.29, 0.717) is 5.69 Å². The number of carbonyl (C=O) groups is 2. The maximum atomic E-state index is 11.7. The van der Waals surface area contributed by atoms with Crippen LogP contribution in [0.1, 0.15) is 12.5 Å². The summed E-state index contributed by atoms with van der Waals surface area (Å²) in [5, 5.41) is 17.7. The summed E-state index contributed by atoms with van der Waals surface area (Å²) in [6.07, 6.45) is 0. The highest BCUT2D eigenvalue weighted by Crippen LogP contribution is 2.28. The van der Waals surface area contributed by atoms with Crippen molar-refractivity contribution in [2.45, 2.75) is 12.6 Å². The van der Waals surface area contributed by atoms with Crippen LogP contribution in [0.3, 0.4) is 0 Å². The van der Waals surface area contributed by atoms with E-state index in [9.17, 15) is 14.7 Å². The normalized spacial score (nSPS) is 22.3. The second-order valence-electron chi connectivity index (χ2n) is 3.85. The molecule has 0 aliphatic carbocycles. The molecule has 4 N–H and O–H groups in total. The number of thiocarbonyl (C=S) groups is 1. The van der Waals surface area contributed by atoms with Crippen molar-refractivity contribution < 1.29 is 14.7 Å². The van der Waals surface area contributed by atoms with Crippen LogP contribution in [0.5, 0.6) is 0 Å². The molecule has 1 heterocycles. The van der Waals surface area contributed by atoms with Gasteiger partial charge in [0.25, 0.3) is 5.91 Å². The summed E-state index contributed by atoms with van der Waals surface area (Å²) in [5.41, 5.74) is -1.38. The van der Waals surface area contributed by atoms with Crippen molar-refractivity contribution >= 4 is 34.8 Å². The molecule has 1 unspecified atom stereocenters. The monoisotopic (exact) mass is 265 g/mol. The molecule has 7 heteroatoms. The van der Waals surface area contributed by atoms with Gasteiger partial charge in [-0.3, -0.25) is 14.9 Å². The summed E-state index contributed by atoms with van der Waals surface area (Å²) >= 11 is 4.79. The number of para-hydroxylation sites is 1. The van der Waals surface area contributed by atoms with Crippen molar-refractivity contribution in [2.75, 3.05) is 5.32 Å². The van der Waals surface area contributed by atoms with Gasteiger partial charge in [-0.1, -0.05) is 18.2 Å². The van der Waals surface area contributed by atoms with E-state index in [1.54, 1.807) is 18.2 Å². The van der Waals surface area contributed by atoms with Gasteiger partial charge in [0.15, 0.2) is 5.11 Å². The van der Waals surface area contributed by atoms with Crippen molar-refractivity contribution in [3.05, 3.63) is 29.8 Å². The lowest BCUT2D eigenvalue weighted by Crippen LogP contribution is -2.44. The van der Waals surface area contributed by atoms with Crippen LogP contribution in [-0.2, 0) is 15.3 Å². The third-order valence-electron chi connectivity index (χ3n) is 2.48. The molecule has 0 radical (unpaired) electrons. The molecule has 1 atom stereocenters. The maximum Gasteiger partial charge on any atom is 0.284 e. The fourth-order valence-electron chi connectivity index (χ4n) is 1.73. The van der Waals surface area contributed by atoms with Crippen LogP contribution >= 0.6 is 12.2 Å². The van der Waals surface area contributed by atoms with E-state index < -0.39 is 11.6 Å². The number of benzene rings is 1. The first-order chi connectivity index (χ1) is 8.43. The molecule has 1 fully saturated rings. The van der Waals surface area contributed by atoms with Crippen LogP contribution < -0.4 is 16.0 Å². The molecule has 2 amide bonds. The van der Waals surface area contributed by atoms with E-state index >= 15 is 0 Å². The number of carbonyl (C=O) groups excluding carboxylic acids is 2. The lowest BCUT2D eigenvalue weighted by molar-refractivity contribution is -0.137. The lowest BCUT2D eigenvalue weighted by Gasteiger charge is -2.22. The molecule has 1 aromatic carbocycles. The average molecular weight is 265 g/mol. The van der Waals surface area contributed by atoms with E-state index in [1.807, 2.05) is 0 Å². The van der Waals surface area contributed by atoms with E-state index in [-0.39, 0.29) is 16.6 Å². The Bertz CT molecular complexity index is 546. The van der Waals surface area contributed by atoms with Crippen molar-refractivity contribution in [1.29, 1.82) is 0 Å². The number of hydrogen-bond donors (Lipinski definition) is 4. The van der Waals surface area contributed by atoms with Gasteiger partial charge >= 0.3 is 0 Å². The SMILES string of the molecule is CC(=O)Nc1ccccc1C1(O)NC(=S)NC1=O. The summed E-state index contributed by atoms with van der Waals surface area (Å²) in [5.74, 6) is -0.975. The first kappa shape index (κ1) is 12.5. The minimum Gasteiger partial charge on any atom is -0.359 e.